The minimum absolute atomic E-state index is 0.0291. The number of fused-ring (bicyclic) bond motifs is 1. The second-order valence-electron chi connectivity index (χ2n) is 5.70. The van der Waals surface area contributed by atoms with Crippen molar-refractivity contribution in [1.29, 1.82) is 0 Å². The topological polar surface area (TPSA) is 67.4 Å². The van der Waals surface area contributed by atoms with Gasteiger partial charge in [-0.1, -0.05) is 18.2 Å². The molecule has 0 fully saturated rings. The number of rotatable bonds is 4. The number of methoxy groups -OCH3 is 1. The molecule has 0 heterocycles. The van der Waals surface area contributed by atoms with Gasteiger partial charge in [-0.05, 0) is 48.2 Å². The van der Waals surface area contributed by atoms with Crippen LogP contribution in [0.5, 0.6) is 5.75 Å². The Morgan fingerprint density at radius 3 is 2.79 bits per heavy atom. The van der Waals surface area contributed by atoms with Gasteiger partial charge in [-0.25, -0.2) is 4.79 Å². The van der Waals surface area contributed by atoms with E-state index < -0.39 is 10.8 Å². The number of ether oxygens (including phenoxy) is 1. The lowest BCUT2D eigenvalue weighted by atomic mass is 10.1. The van der Waals surface area contributed by atoms with Crippen LogP contribution in [0, 0.1) is 0 Å². The monoisotopic (exact) mass is 344 g/mol. The molecule has 0 saturated carbocycles. The normalized spacial score (nSPS) is 17.0. The fourth-order valence-electron chi connectivity index (χ4n) is 3.04. The third-order valence-corrected chi connectivity index (χ3v) is 5.09. The molecule has 0 aliphatic heterocycles. The summed E-state index contributed by atoms with van der Waals surface area (Å²) in [5, 5.41) is 5.81. The summed E-state index contributed by atoms with van der Waals surface area (Å²) in [5.74, 6) is 0.871. The van der Waals surface area contributed by atoms with Crippen LogP contribution in [0.15, 0.2) is 47.4 Å². The van der Waals surface area contributed by atoms with Crippen LogP contribution in [0.3, 0.4) is 0 Å². The second-order valence-corrected chi connectivity index (χ2v) is 7.08. The Morgan fingerprint density at radius 2 is 2.04 bits per heavy atom. The van der Waals surface area contributed by atoms with Crippen molar-refractivity contribution in [3.8, 4) is 5.75 Å². The van der Waals surface area contributed by atoms with Gasteiger partial charge in [-0.2, -0.15) is 0 Å². The molecular formula is C18H20N2O3S. The van der Waals surface area contributed by atoms with Gasteiger partial charge in [0.1, 0.15) is 5.75 Å². The lowest BCUT2D eigenvalue weighted by Gasteiger charge is -2.15. The van der Waals surface area contributed by atoms with Crippen LogP contribution in [0.4, 0.5) is 10.5 Å². The molecule has 2 atom stereocenters. The molecule has 24 heavy (non-hydrogen) atoms. The van der Waals surface area contributed by atoms with Gasteiger partial charge in [0, 0.05) is 27.6 Å². The van der Waals surface area contributed by atoms with Crippen LogP contribution >= 0.6 is 0 Å². The van der Waals surface area contributed by atoms with Gasteiger partial charge in [0.15, 0.2) is 0 Å². The first-order valence-electron chi connectivity index (χ1n) is 7.75. The predicted octanol–water partition coefficient (Wildman–Crippen LogP) is 3.24. The zero-order valence-corrected chi connectivity index (χ0v) is 14.5. The highest BCUT2D eigenvalue weighted by molar-refractivity contribution is 7.84. The average molecular weight is 344 g/mol. The Kier molecular flexibility index (Phi) is 4.85. The zero-order chi connectivity index (χ0) is 17.1. The maximum atomic E-state index is 12.3. The van der Waals surface area contributed by atoms with Gasteiger partial charge in [0.25, 0.3) is 0 Å². The molecule has 126 valence electrons. The quantitative estimate of drug-likeness (QED) is 0.895. The molecule has 0 unspecified atom stereocenters. The summed E-state index contributed by atoms with van der Waals surface area (Å²) in [6.45, 7) is 0. The standard InChI is InChI=1S/C18H20N2O3S/c1-23-17-8-4-7-14-15(17)9-10-16(14)20-18(21)19-12-5-3-6-13(11-12)24(2)22/h3-8,11,16H,9-10H2,1-2H3,(H2,19,20,21)/t16-,24+/m1/s1. The van der Waals surface area contributed by atoms with Crippen molar-refractivity contribution >= 4 is 22.5 Å². The smallest absolute Gasteiger partial charge is 0.319 e. The highest BCUT2D eigenvalue weighted by Gasteiger charge is 2.26. The van der Waals surface area contributed by atoms with E-state index in [1.807, 2.05) is 18.2 Å². The summed E-state index contributed by atoms with van der Waals surface area (Å²) in [6.07, 6.45) is 3.35. The van der Waals surface area contributed by atoms with E-state index in [9.17, 15) is 9.00 Å². The highest BCUT2D eigenvalue weighted by Crippen LogP contribution is 2.36. The molecule has 0 spiro atoms. The number of benzene rings is 2. The number of carbonyl (C=O) groups is 1. The molecule has 2 aromatic rings. The zero-order valence-electron chi connectivity index (χ0n) is 13.7. The molecule has 0 aromatic heterocycles. The Hall–Kier alpha value is -2.34. The third kappa shape index (κ3) is 3.43. The van der Waals surface area contributed by atoms with Gasteiger partial charge >= 0.3 is 6.03 Å². The van der Waals surface area contributed by atoms with Gasteiger partial charge in [0.05, 0.1) is 13.2 Å². The summed E-state index contributed by atoms with van der Waals surface area (Å²) in [5.41, 5.74) is 2.89. The van der Waals surface area contributed by atoms with E-state index in [2.05, 4.69) is 10.6 Å². The number of hydrogen-bond donors (Lipinski definition) is 2. The lowest BCUT2D eigenvalue weighted by Crippen LogP contribution is -2.31. The molecule has 2 aromatic carbocycles. The largest absolute Gasteiger partial charge is 0.496 e. The summed E-state index contributed by atoms with van der Waals surface area (Å²) >= 11 is 0. The molecule has 0 bridgehead atoms. The Morgan fingerprint density at radius 1 is 1.25 bits per heavy atom. The summed E-state index contributed by atoms with van der Waals surface area (Å²) in [4.78, 5) is 13.0. The number of urea groups is 1. The van der Waals surface area contributed by atoms with Crippen molar-refractivity contribution in [1.82, 2.24) is 5.32 Å². The van der Waals surface area contributed by atoms with E-state index in [1.54, 1.807) is 37.6 Å². The van der Waals surface area contributed by atoms with E-state index >= 15 is 0 Å². The van der Waals surface area contributed by atoms with E-state index in [0.29, 0.717) is 10.6 Å². The third-order valence-electron chi connectivity index (χ3n) is 4.18. The first kappa shape index (κ1) is 16.5. The van der Waals surface area contributed by atoms with Crippen molar-refractivity contribution in [2.75, 3.05) is 18.7 Å². The molecule has 1 aliphatic carbocycles. The molecule has 6 heteroatoms. The molecule has 2 amide bonds. The second kappa shape index (κ2) is 7.05. The fraction of sp³-hybridized carbons (Fsp3) is 0.278. The van der Waals surface area contributed by atoms with Crippen molar-refractivity contribution < 1.29 is 13.7 Å². The van der Waals surface area contributed by atoms with Crippen LogP contribution < -0.4 is 15.4 Å². The lowest BCUT2D eigenvalue weighted by molar-refractivity contribution is 0.248. The van der Waals surface area contributed by atoms with Crippen molar-refractivity contribution in [3.05, 3.63) is 53.6 Å². The number of amides is 2. The van der Waals surface area contributed by atoms with E-state index in [4.69, 9.17) is 4.74 Å². The number of carbonyl (C=O) groups excluding carboxylic acids is 1. The van der Waals surface area contributed by atoms with Gasteiger partial charge < -0.3 is 15.4 Å². The Bertz CT molecular complexity index is 792. The molecule has 3 rings (SSSR count). The molecular weight excluding hydrogens is 324 g/mol. The van der Waals surface area contributed by atoms with Crippen LogP contribution in [0.25, 0.3) is 0 Å². The number of nitrogens with one attached hydrogen (secondary N) is 2. The molecule has 2 N–H and O–H groups in total. The average Bonchev–Trinajstić information content (AvgIpc) is 2.98. The Labute approximate surface area is 143 Å². The van der Waals surface area contributed by atoms with Crippen molar-refractivity contribution in [3.63, 3.8) is 0 Å². The molecule has 0 saturated heterocycles. The van der Waals surface area contributed by atoms with E-state index in [0.717, 1.165) is 29.7 Å². The van der Waals surface area contributed by atoms with Crippen molar-refractivity contribution in [2.45, 2.75) is 23.8 Å². The summed E-state index contributed by atoms with van der Waals surface area (Å²) < 4.78 is 16.9. The maximum absolute atomic E-state index is 12.3. The van der Waals surface area contributed by atoms with Crippen LogP contribution in [-0.2, 0) is 17.2 Å². The van der Waals surface area contributed by atoms with E-state index in [-0.39, 0.29) is 12.1 Å². The molecule has 1 aliphatic rings. The number of anilines is 1. The van der Waals surface area contributed by atoms with Gasteiger partial charge in [-0.3, -0.25) is 4.21 Å². The van der Waals surface area contributed by atoms with Crippen molar-refractivity contribution in [2.24, 2.45) is 0 Å². The Balaban J connectivity index is 1.69. The first-order chi connectivity index (χ1) is 11.6. The molecule has 5 nitrogen and oxygen atoms in total. The maximum Gasteiger partial charge on any atom is 0.319 e. The van der Waals surface area contributed by atoms with Crippen LogP contribution in [-0.4, -0.2) is 23.6 Å². The SMILES string of the molecule is COc1cccc2c1CC[C@H]2NC(=O)Nc1cccc([S@](C)=O)c1. The fourth-order valence-corrected chi connectivity index (χ4v) is 3.60. The minimum atomic E-state index is -1.08. The van der Waals surface area contributed by atoms with E-state index in [1.165, 1.54) is 0 Å². The number of hydrogen-bond acceptors (Lipinski definition) is 3. The van der Waals surface area contributed by atoms with Crippen LogP contribution in [0.2, 0.25) is 0 Å². The molecule has 0 radical (unpaired) electrons. The predicted molar refractivity (Wildman–Crippen MR) is 95.0 cm³/mol. The summed E-state index contributed by atoms with van der Waals surface area (Å²) in [7, 11) is 0.583. The van der Waals surface area contributed by atoms with Gasteiger partial charge in [0.2, 0.25) is 0 Å². The van der Waals surface area contributed by atoms with Gasteiger partial charge in [-0.15, -0.1) is 0 Å². The highest BCUT2D eigenvalue weighted by atomic mass is 32.2. The summed E-state index contributed by atoms with van der Waals surface area (Å²) in [6, 6.07) is 12.7. The van der Waals surface area contributed by atoms with Crippen LogP contribution in [0.1, 0.15) is 23.6 Å². The minimum Gasteiger partial charge on any atom is -0.496 e. The first-order valence-corrected chi connectivity index (χ1v) is 9.31.